The van der Waals surface area contributed by atoms with Gasteiger partial charge in [-0.3, -0.25) is 4.79 Å². The molecule has 3 aromatic rings. The number of carbonyl (C=O) groups excluding carboxylic acids is 1. The maximum Gasteiger partial charge on any atom is 0.253 e. The molecule has 0 aliphatic heterocycles. The summed E-state index contributed by atoms with van der Waals surface area (Å²) in [6.45, 7) is 1.29. The number of rotatable bonds is 7. The van der Waals surface area contributed by atoms with Crippen molar-refractivity contribution in [2.45, 2.75) is 37.6 Å². The number of methoxy groups -OCH3 is 1. The van der Waals surface area contributed by atoms with E-state index in [9.17, 15) is 4.79 Å². The molecule has 1 amide bonds. The minimum Gasteiger partial charge on any atom is -0.383 e. The van der Waals surface area contributed by atoms with Crippen molar-refractivity contribution in [3.8, 4) is 0 Å². The van der Waals surface area contributed by atoms with Gasteiger partial charge < -0.3 is 20.4 Å². The molecule has 152 valence electrons. The summed E-state index contributed by atoms with van der Waals surface area (Å²) in [5.74, 6) is 2.03. The molecule has 1 saturated carbocycles. The number of aromatic nitrogens is 3. The van der Waals surface area contributed by atoms with Crippen LogP contribution in [0.25, 0.3) is 11.0 Å². The van der Waals surface area contributed by atoms with Gasteiger partial charge in [0.2, 0.25) is 0 Å². The number of para-hydroxylation sites is 2. The van der Waals surface area contributed by atoms with Crippen molar-refractivity contribution in [1.29, 1.82) is 0 Å². The molecule has 4 rings (SSSR count). The third-order valence-corrected chi connectivity index (χ3v) is 5.44. The number of amides is 1. The van der Waals surface area contributed by atoms with E-state index in [0.717, 1.165) is 48.4 Å². The molecule has 2 aromatic heterocycles. The molecule has 1 aliphatic rings. The molecule has 3 N–H and O–H groups in total. The lowest BCUT2D eigenvalue weighted by molar-refractivity contribution is 0.0924. The number of imidazole rings is 1. The summed E-state index contributed by atoms with van der Waals surface area (Å²) in [5, 5.41) is 6.33. The number of ether oxygens (including phenoxy) is 1. The average molecular weight is 393 g/mol. The van der Waals surface area contributed by atoms with E-state index in [-0.39, 0.29) is 11.9 Å². The number of H-pyrrole nitrogens is 1. The monoisotopic (exact) mass is 393 g/mol. The van der Waals surface area contributed by atoms with Gasteiger partial charge in [0.05, 0.1) is 23.2 Å². The van der Waals surface area contributed by atoms with Gasteiger partial charge in [-0.25, -0.2) is 9.97 Å². The predicted octanol–water partition coefficient (Wildman–Crippen LogP) is 3.47. The summed E-state index contributed by atoms with van der Waals surface area (Å²) in [7, 11) is 1.66. The van der Waals surface area contributed by atoms with E-state index >= 15 is 0 Å². The topological polar surface area (TPSA) is 91.9 Å². The van der Waals surface area contributed by atoms with E-state index in [4.69, 9.17) is 9.72 Å². The predicted molar refractivity (Wildman–Crippen MR) is 113 cm³/mol. The Hall–Kier alpha value is -2.93. The van der Waals surface area contributed by atoms with Crippen molar-refractivity contribution in [3.63, 3.8) is 0 Å². The van der Waals surface area contributed by atoms with Crippen LogP contribution in [-0.2, 0) is 4.74 Å². The quantitative estimate of drug-likeness (QED) is 0.535. The van der Waals surface area contributed by atoms with E-state index < -0.39 is 0 Å². The first kappa shape index (κ1) is 19.4. The lowest BCUT2D eigenvalue weighted by atomic mass is 9.85. The average Bonchev–Trinajstić information content (AvgIpc) is 3.19. The Balaban J connectivity index is 1.35. The fraction of sp³-hybridized carbons (Fsp3) is 0.409. The van der Waals surface area contributed by atoms with Crippen LogP contribution in [0.1, 0.15) is 47.8 Å². The van der Waals surface area contributed by atoms with Crippen LogP contribution >= 0.6 is 0 Å². The van der Waals surface area contributed by atoms with Gasteiger partial charge in [-0.2, -0.15) is 0 Å². The van der Waals surface area contributed by atoms with Crippen molar-refractivity contribution in [2.24, 2.45) is 0 Å². The first-order valence-corrected chi connectivity index (χ1v) is 10.2. The van der Waals surface area contributed by atoms with Crippen molar-refractivity contribution < 1.29 is 9.53 Å². The molecule has 29 heavy (non-hydrogen) atoms. The molecule has 0 spiro atoms. The molecule has 2 unspecified atom stereocenters. The zero-order valence-corrected chi connectivity index (χ0v) is 16.6. The highest BCUT2D eigenvalue weighted by molar-refractivity contribution is 5.94. The van der Waals surface area contributed by atoms with Gasteiger partial charge in [0.15, 0.2) is 0 Å². The molecule has 1 aliphatic carbocycles. The number of benzene rings is 1. The SMILES string of the molecule is COCCNc1ccc(C(=O)NC2CCCC(c3nc4ccccc4[nH]3)C2)cn1. The van der Waals surface area contributed by atoms with Crippen molar-refractivity contribution >= 4 is 22.8 Å². The van der Waals surface area contributed by atoms with Crippen LogP contribution in [0.4, 0.5) is 5.82 Å². The van der Waals surface area contributed by atoms with E-state index in [0.29, 0.717) is 24.6 Å². The van der Waals surface area contributed by atoms with Gasteiger partial charge in [-0.05, 0) is 43.5 Å². The summed E-state index contributed by atoms with van der Waals surface area (Å²) in [6, 6.07) is 11.9. The Labute approximate surface area is 170 Å². The van der Waals surface area contributed by atoms with Crippen LogP contribution < -0.4 is 10.6 Å². The number of hydrogen-bond acceptors (Lipinski definition) is 5. The van der Waals surface area contributed by atoms with Crippen molar-refractivity contribution in [2.75, 3.05) is 25.6 Å². The fourth-order valence-corrected chi connectivity index (χ4v) is 3.92. The molecule has 0 bridgehead atoms. The molecule has 7 nitrogen and oxygen atoms in total. The Morgan fingerprint density at radius 2 is 2.14 bits per heavy atom. The maximum absolute atomic E-state index is 12.7. The molecule has 1 fully saturated rings. The van der Waals surface area contributed by atoms with Crippen LogP contribution in [0.3, 0.4) is 0 Å². The number of anilines is 1. The van der Waals surface area contributed by atoms with Crippen LogP contribution in [-0.4, -0.2) is 47.2 Å². The number of fused-ring (bicyclic) bond motifs is 1. The van der Waals surface area contributed by atoms with Crippen molar-refractivity contribution in [1.82, 2.24) is 20.3 Å². The molecular formula is C22H27N5O2. The minimum absolute atomic E-state index is 0.0730. The van der Waals surface area contributed by atoms with E-state index in [1.807, 2.05) is 24.3 Å². The number of aromatic amines is 1. The largest absolute Gasteiger partial charge is 0.383 e. The second-order valence-corrected chi connectivity index (χ2v) is 7.52. The van der Waals surface area contributed by atoms with Crippen LogP contribution in [0.15, 0.2) is 42.6 Å². The van der Waals surface area contributed by atoms with Gasteiger partial charge in [-0.1, -0.05) is 18.6 Å². The highest BCUT2D eigenvalue weighted by Crippen LogP contribution is 2.32. The lowest BCUT2D eigenvalue weighted by Gasteiger charge is -2.28. The van der Waals surface area contributed by atoms with Gasteiger partial charge in [-0.15, -0.1) is 0 Å². The number of hydrogen-bond donors (Lipinski definition) is 3. The van der Waals surface area contributed by atoms with Gasteiger partial charge in [0.25, 0.3) is 5.91 Å². The molecular weight excluding hydrogens is 366 g/mol. The molecule has 0 radical (unpaired) electrons. The van der Waals surface area contributed by atoms with E-state index in [1.165, 1.54) is 0 Å². The summed E-state index contributed by atoms with van der Waals surface area (Å²) in [5.41, 5.74) is 2.64. The highest BCUT2D eigenvalue weighted by Gasteiger charge is 2.26. The molecule has 1 aromatic carbocycles. The second-order valence-electron chi connectivity index (χ2n) is 7.52. The number of carbonyl (C=O) groups is 1. The molecule has 0 saturated heterocycles. The molecule has 2 heterocycles. The Kier molecular flexibility index (Phi) is 6.05. The normalized spacial score (nSPS) is 19.2. The first-order valence-electron chi connectivity index (χ1n) is 10.2. The van der Waals surface area contributed by atoms with E-state index in [1.54, 1.807) is 19.4 Å². The van der Waals surface area contributed by atoms with Crippen molar-refractivity contribution in [3.05, 3.63) is 54.0 Å². The summed E-state index contributed by atoms with van der Waals surface area (Å²) >= 11 is 0. The number of nitrogens with one attached hydrogen (secondary N) is 3. The van der Waals surface area contributed by atoms with Gasteiger partial charge in [0.1, 0.15) is 11.6 Å². The Morgan fingerprint density at radius 1 is 1.24 bits per heavy atom. The third kappa shape index (κ3) is 4.74. The van der Waals surface area contributed by atoms with Crippen LogP contribution in [0, 0.1) is 0 Å². The Bertz CT molecular complexity index is 920. The van der Waals surface area contributed by atoms with Crippen LogP contribution in [0.2, 0.25) is 0 Å². The molecule has 2 atom stereocenters. The number of nitrogens with zero attached hydrogens (tertiary/aromatic N) is 2. The molecule has 7 heteroatoms. The van der Waals surface area contributed by atoms with Gasteiger partial charge in [0, 0.05) is 31.8 Å². The second kappa shape index (κ2) is 9.05. The third-order valence-electron chi connectivity index (χ3n) is 5.44. The smallest absolute Gasteiger partial charge is 0.253 e. The summed E-state index contributed by atoms with van der Waals surface area (Å²) in [6.07, 6.45) is 5.68. The first-order chi connectivity index (χ1) is 14.2. The Morgan fingerprint density at radius 3 is 2.93 bits per heavy atom. The zero-order valence-electron chi connectivity index (χ0n) is 16.6. The maximum atomic E-state index is 12.7. The van der Waals surface area contributed by atoms with Crippen LogP contribution in [0.5, 0.6) is 0 Å². The fourth-order valence-electron chi connectivity index (χ4n) is 3.92. The highest BCUT2D eigenvalue weighted by atomic mass is 16.5. The lowest BCUT2D eigenvalue weighted by Crippen LogP contribution is -2.38. The standard InChI is InChI=1S/C22H27N5O2/c1-29-12-11-23-20-10-9-16(14-24-20)22(28)25-17-6-4-5-15(13-17)21-26-18-7-2-3-8-19(18)27-21/h2-3,7-10,14-15,17H,4-6,11-13H2,1H3,(H,23,24)(H,25,28)(H,26,27). The summed E-state index contributed by atoms with van der Waals surface area (Å²) in [4.78, 5) is 25.2. The summed E-state index contributed by atoms with van der Waals surface area (Å²) < 4.78 is 5.01. The number of pyridine rings is 1. The van der Waals surface area contributed by atoms with E-state index in [2.05, 4.69) is 26.7 Å². The van der Waals surface area contributed by atoms with Gasteiger partial charge >= 0.3 is 0 Å². The zero-order chi connectivity index (χ0) is 20.1. The minimum atomic E-state index is -0.0730.